The van der Waals surface area contributed by atoms with Crippen LogP contribution in [0.4, 0.5) is 13.2 Å². The van der Waals surface area contributed by atoms with Gasteiger partial charge in [0, 0.05) is 44.1 Å². The van der Waals surface area contributed by atoms with Crippen molar-refractivity contribution in [2.24, 2.45) is 0 Å². The molecule has 1 aromatic heterocycles. The van der Waals surface area contributed by atoms with Crippen molar-refractivity contribution < 1.29 is 22.8 Å². The maximum Gasteiger partial charge on any atom is 0.416 e. The maximum absolute atomic E-state index is 12.9. The van der Waals surface area contributed by atoms with Crippen LogP contribution in [0.3, 0.4) is 0 Å². The molecule has 0 atom stereocenters. The number of alkyl halides is 3. The first-order chi connectivity index (χ1) is 12.9. The molecule has 1 aliphatic rings. The van der Waals surface area contributed by atoms with Crippen LogP contribution in [0.25, 0.3) is 0 Å². The Morgan fingerprint density at radius 2 is 1.48 bits per heavy atom. The number of benzene rings is 1. The van der Waals surface area contributed by atoms with Crippen molar-refractivity contribution in [3.05, 3.63) is 59.7 Å². The lowest BCUT2D eigenvalue weighted by Gasteiger charge is -2.22. The minimum atomic E-state index is -4.50. The van der Waals surface area contributed by atoms with E-state index in [0.29, 0.717) is 31.6 Å². The number of rotatable bonds is 2. The van der Waals surface area contributed by atoms with Crippen molar-refractivity contribution in [1.82, 2.24) is 19.8 Å². The Hall–Kier alpha value is -2.97. The van der Waals surface area contributed by atoms with Crippen LogP contribution in [0.1, 0.15) is 32.7 Å². The fourth-order valence-electron chi connectivity index (χ4n) is 2.93. The molecular formula is C18H17F3N4O2. The number of halogens is 3. The molecule has 2 amide bonds. The summed E-state index contributed by atoms with van der Waals surface area (Å²) in [6, 6.07) is 4.38. The molecule has 0 spiro atoms. The molecular weight excluding hydrogens is 361 g/mol. The standard InChI is InChI=1S/C18H17F3N4O2/c19-18(20,21)15-4-1-3-13(9-15)16(26)24-5-2-6-25(8-7-24)17(27)14-10-22-12-23-11-14/h1,3-4,9-12H,2,5-8H2. The monoisotopic (exact) mass is 378 g/mol. The first-order valence-electron chi connectivity index (χ1n) is 8.37. The molecule has 0 aliphatic carbocycles. The highest BCUT2D eigenvalue weighted by Crippen LogP contribution is 2.29. The van der Waals surface area contributed by atoms with Gasteiger partial charge in [-0.2, -0.15) is 13.2 Å². The highest BCUT2D eigenvalue weighted by atomic mass is 19.4. The lowest BCUT2D eigenvalue weighted by Crippen LogP contribution is -2.37. The first kappa shape index (κ1) is 18.8. The van der Waals surface area contributed by atoms with Crippen LogP contribution < -0.4 is 0 Å². The molecule has 2 aromatic rings. The van der Waals surface area contributed by atoms with Gasteiger partial charge in [-0.25, -0.2) is 9.97 Å². The van der Waals surface area contributed by atoms with Crippen LogP contribution >= 0.6 is 0 Å². The van der Waals surface area contributed by atoms with Gasteiger partial charge in [0.05, 0.1) is 11.1 Å². The molecule has 0 N–H and O–H groups in total. The van der Waals surface area contributed by atoms with Gasteiger partial charge in [0.15, 0.2) is 0 Å². The summed E-state index contributed by atoms with van der Waals surface area (Å²) in [5, 5.41) is 0. The van der Waals surface area contributed by atoms with Gasteiger partial charge in [-0.15, -0.1) is 0 Å². The summed E-state index contributed by atoms with van der Waals surface area (Å²) in [6.45, 7) is 1.34. The topological polar surface area (TPSA) is 66.4 Å². The largest absolute Gasteiger partial charge is 0.416 e. The third-order valence-electron chi connectivity index (χ3n) is 4.31. The van der Waals surface area contributed by atoms with Crippen LogP contribution in [0, 0.1) is 0 Å². The van der Waals surface area contributed by atoms with Crippen LogP contribution in [0.2, 0.25) is 0 Å². The molecule has 9 heteroatoms. The number of nitrogens with zero attached hydrogens (tertiary/aromatic N) is 4. The second-order valence-electron chi connectivity index (χ2n) is 6.14. The zero-order valence-corrected chi connectivity index (χ0v) is 14.3. The van der Waals surface area contributed by atoms with E-state index in [4.69, 9.17) is 0 Å². The number of hydrogen-bond acceptors (Lipinski definition) is 4. The van der Waals surface area contributed by atoms with E-state index in [1.54, 1.807) is 4.90 Å². The molecule has 0 unspecified atom stereocenters. The maximum atomic E-state index is 12.9. The summed E-state index contributed by atoms with van der Waals surface area (Å²) in [5.41, 5.74) is -0.514. The molecule has 0 bridgehead atoms. The minimum Gasteiger partial charge on any atom is -0.337 e. The SMILES string of the molecule is O=C(c1cncnc1)N1CCCN(C(=O)c2cccc(C(F)(F)F)c2)CC1. The van der Waals surface area contributed by atoms with Crippen molar-refractivity contribution >= 4 is 11.8 Å². The van der Waals surface area contributed by atoms with E-state index in [1.165, 1.54) is 35.8 Å². The third-order valence-corrected chi connectivity index (χ3v) is 4.31. The number of amides is 2. The lowest BCUT2D eigenvalue weighted by molar-refractivity contribution is -0.137. The van der Waals surface area contributed by atoms with Gasteiger partial charge in [0.25, 0.3) is 11.8 Å². The highest BCUT2D eigenvalue weighted by molar-refractivity contribution is 5.95. The molecule has 1 aromatic carbocycles. The normalized spacial score (nSPS) is 15.4. The average Bonchev–Trinajstić information content (AvgIpc) is 2.93. The van der Waals surface area contributed by atoms with Gasteiger partial charge in [0.2, 0.25) is 0 Å². The summed E-state index contributed by atoms with van der Waals surface area (Å²) < 4.78 is 38.6. The second-order valence-corrected chi connectivity index (χ2v) is 6.14. The second kappa shape index (κ2) is 7.73. The highest BCUT2D eigenvalue weighted by Gasteiger charge is 2.31. The Bertz CT molecular complexity index is 827. The summed E-state index contributed by atoms with van der Waals surface area (Å²) >= 11 is 0. The van der Waals surface area contributed by atoms with E-state index in [1.807, 2.05) is 0 Å². The Morgan fingerprint density at radius 1 is 0.889 bits per heavy atom. The molecule has 27 heavy (non-hydrogen) atoms. The van der Waals surface area contributed by atoms with E-state index >= 15 is 0 Å². The number of carbonyl (C=O) groups is 2. The molecule has 142 valence electrons. The predicted octanol–water partition coefficient (Wildman–Crippen LogP) is 2.48. The molecule has 6 nitrogen and oxygen atoms in total. The van der Waals surface area contributed by atoms with E-state index in [0.717, 1.165) is 12.1 Å². The van der Waals surface area contributed by atoms with Gasteiger partial charge in [-0.05, 0) is 24.6 Å². The summed E-state index contributed by atoms with van der Waals surface area (Å²) in [5.74, 6) is -0.706. The number of carbonyl (C=O) groups excluding carboxylic acids is 2. The average molecular weight is 378 g/mol. The van der Waals surface area contributed by atoms with Crippen molar-refractivity contribution in [3.63, 3.8) is 0 Å². The fourth-order valence-corrected chi connectivity index (χ4v) is 2.93. The molecule has 0 saturated carbocycles. The fraction of sp³-hybridized carbons (Fsp3) is 0.333. The zero-order chi connectivity index (χ0) is 19.4. The molecule has 0 radical (unpaired) electrons. The zero-order valence-electron chi connectivity index (χ0n) is 14.3. The van der Waals surface area contributed by atoms with Gasteiger partial charge in [-0.1, -0.05) is 6.07 Å². The summed E-state index contributed by atoms with van der Waals surface area (Å²) in [4.78, 5) is 35.8. The van der Waals surface area contributed by atoms with Crippen molar-refractivity contribution in [3.8, 4) is 0 Å². The third kappa shape index (κ3) is 4.42. The summed E-state index contributed by atoms with van der Waals surface area (Å²) in [7, 11) is 0. The first-order valence-corrected chi connectivity index (χ1v) is 8.37. The quantitative estimate of drug-likeness (QED) is 0.805. The van der Waals surface area contributed by atoms with Crippen LogP contribution in [0.5, 0.6) is 0 Å². The molecule has 1 fully saturated rings. The Kier molecular flexibility index (Phi) is 5.38. The summed E-state index contributed by atoms with van der Waals surface area (Å²) in [6.07, 6.45) is 0.201. The van der Waals surface area contributed by atoms with Crippen molar-refractivity contribution in [2.45, 2.75) is 12.6 Å². The Balaban J connectivity index is 1.69. The number of hydrogen-bond donors (Lipinski definition) is 0. The van der Waals surface area contributed by atoms with E-state index in [-0.39, 0.29) is 18.0 Å². The van der Waals surface area contributed by atoms with Gasteiger partial charge < -0.3 is 9.80 Å². The predicted molar refractivity (Wildman–Crippen MR) is 89.9 cm³/mol. The van der Waals surface area contributed by atoms with Gasteiger partial charge >= 0.3 is 6.18 Å². The lowest BCUT2D eigenvalue weighted by atomic mass is 10.1. The molecule has 1 saturated heterocycles. The van der Waals surface area contributed by atoms with Crippen molar-refractivity contribution in [2.75, 3.05) is 26.2 Å². The Morgan fingerprint density at radius 3 is 2.07 bits per heavy atom. The minimum absolute atomic E-state index is 0.0129. The van der Waals surface area contributed by atoms with E-state index < -0.39 is 17.6 Å². The number of aromatic nitrogens is 2. The molecule has 3 rings (SSSR count). The van der Waals surface area contributed by atoms with Crippen LogP contribution in [0.15, 0.2) is 43.0 Å². The van der Waals surface area contributed by atoms with Gasteiger partial charge in [-0.3, -0.25) is 9.59 Å². The van der Waals surface area contributed by atoms with Crippen LogP contribution in [-0.4, -0.2) is 57.8 Å². The smallest absolute Gasteiger partial charge is 0.337 e. The van der Waals surface area contributed by atoms with Crippen molar-refractivity contribution in [1.29, 1.82) is 0 Å². The van der Waals surface area contributed by atoms with E-state index in [9.17, 15) is 22.8 Å². The van der Waals surface area contributed by atoms with Gasteiger partial charge in [0.1, 0.15) is 6.33 Å². The Labute approximate surface area is 153 Å². The molecule has 2 heterocycles. The van der Waals surface area contributed by atoms with E-state index in [2.05, 4.69) is 9.97 Å². The van der Waals surface area contributed by atoms with Crippen LogP contribution in [-0.2, 0) is 6.18 Å². The molecule has 1 aliphatic heterocycles.